The Balaban J connectivity index is 1.57. The molecule has 0 fully saturated rings. The summed E-state index contributed by atoms with van der Waals surface area (Å²) in [5.41, 5.74) is 4.59. The number of fused-ring (bicyclic) bond motifs is 4. The molecule has 10 nitrogen and oxygen atoms in total. The number of nitrogens with two attached hydrogens (primary N) is 1. The van der Waals surface area contributed by atoms with Crippen LogP contribution in [0.4, 0.5) is 33.3 Å². The summed E-state index contributed by atoms with van der Waals surface area (Å²) in [4.78, 5) is 35.1. The first-order valence-electron chi connectivity index (χ1n) is 13.6. The smallest absolute Gasteiger partial charge is 0.394 e. The number of benzene rings is 1. The second kappa shape index (κ2) is 12.7. The van der Waals surface area contributed by atoms with Crippen molar-refractivity contribution in [3.05, 3.63) is 88.1 Å². The van der Waals surface area contributed by atoms with Gasteiger partial charge in [-0.3, -0.25) is 19.1 Å². The van der Waals surface area contributed by atoms with E-state index in [9.17, 15) is 31.5 Å². The summed E-state index contributed by atoms with van der Waals surface area (Å²) in [5, 5.41) is 9.19. The molecular weight excluding hydrogens is 623 g/mol. The number of nitrogens with one attached hydrogen (secondary N) is 2. The van der Waals surface area contributed by atoms with Crippen LogP contribution < -0.4 is 21.9 Å². The molecule has 236 valence electrons. The highest BCUT2D eigenvalue weighted by Gasteiger charge is 2.31. The largest absolute Gasteiger partial charge is 0.432 e. The zero-order chi connectivity index (χ0) is 32.5. The lowest BCUT2D eigenvalue weighted by Gasteiger charge is -2.23. The van der Waals surface area contributed by atoms with Crippen molar-refractivity contribution in [1.82, 2.24) is 24.3 Å². The van der Waals surface area contributed by atoms with Crippen LogP contribution in [0.25, 0.3) is 22.5 Å². The minimum Gasteiger partial charge on any atom is -0.394 e. The summed E-state index contributed by atoms with van der Waals surface area (Å²) in [7, 11) is 0. The first kappa shape index (κ1) is 31.6. The number of allylic oxidation sites excluding steroid dienone is 1. The molecule has 0 radical (unpaired) electrons. The van der Waals surface area contributed by atoms with Gasteiger partial charge in [0.05, 0.1) is 35.6 Å². The number of rotatable bonds is 5. The van der Waals surface area contributed by atoms with E-state index in [4.69, 9.17) is 17.3 Å². The van der Waals surface area contributed by atoms with Crippen molar-refractivity contribution in [2.24, 2.45) is 11.7 Å². The van der Waals surface area contributed by atoms with Crippen LogP contribution in [0.5, 0.6) is 0 Å². The molecule has 45 heavy (non-hydrogen) atoms. The summed E-state index contributed by atoms with van der Waals surface area (Å²) in [6.45, 7) is -1.29. The third-order valence-electron chi connectivity index (χ3n) is 7.36. The minimum absolute atomic E-state index is 0.0405. The molecule has 1 aliphatic rings. The van der Waals surface area contributed by atoms with Gasteiger partial charge in [-0.05, 0) is 42.7 Å². The average Bonchev–Trinajstić information content (AvgIpc) is 3.41. The number of halogens is 6. The Labute approximate surface area is 257 Å². The Morgan fingerprint density at radius 2 is 1.93 bits per heavy atom. The van der Waals surface area contributed by atoms with Gasteiger partial charge in [-0.2, -0.15) is 27.1 Å². The van der Waals surface area contributed by atoms with Crippen molar-refractivity contribution < 1.29 is 26.7 Å². The topological polar surface area (TPSA) is 133 Å². The van der Waals surface area contributed by atoms with E-state index >= 15 is 0 Å². The lowest BCUT2D eigenvalue weighted by atomic mass is 9.95. The van der Waals surface area contributed by atoms with E-state index in [2.05, 4.69) is 25.7 Å². The average molecular weight is 649 g/mol. The van der Waals surface area contributed by atoms with Gasteiger partial charge < -0.3 is 16.4 Å². The van der Waals surface area contributed by atoms with Crippen LogP contribution in [0, 0.1) is 5.92 Å². The minimum atomic E-state index is -4.75. The Kier molecular flexibility index (Phi) is 8.91. The molecule has 2 bridgehead atoms. The number of carbonyl (C=O) groups excluding carboxylic acids is 1. The lowest BCUT2D eigenvalue weighted by molar-refractivity contribution is -0.119. The Hall–Kier alpha value is -4.79. The second-order valence-corrected chi connectivity index (χ2v) is 10.9. The SMILES string of the molecule is CC1CCCC(n2cnc(-c3cc(Cl)ccc3N/C=C(\N)C(F)(F)F)cc2=O)c2cncc(c2)-c2c(cnn2C(F)F)NC1=O. The Bertz CT molecular complexity index is 1820. The van der Waals surface area contributed by atoms with Gasteiger partial charge in [-0.1, -0.05) is 24.9 Å². The fraction of sp³-hybridized carbons (Fsp3) is 0.276. The first-order chi connectivity index (χ1) is 21.3. The molecular formula is C29H26ClF5N8O2. The predicted octanol–water partition coefficient (Wildman–Crippen LogP) is 6.34. The van der Waals surface area contributed by atoms with Crippen LogP contribution in [0.3, 0.4) is 0 Å². The molecule has 4 aromatic rings. The standard InChI is InChI=1S/C29H26ClF5N8O2/c1-15-3-2-4-23(16-7-17(11-37-10-16)26-22(41-27(15)45)12-40-43(26)28(31)32)42-14-39-21(9-25(42)44)19-8-18(30)5-6-20(19)38-13-24(36)29(33,34)35/h5-15,23,28,38H,2-4,36H2,1H3,(H,41,45)/b24-13-. The molecule has 0 spiro atoms. The van der Waals surface area contributed by atoms with Gasteiger partial charge in [0.15, 0.2) is 0 Å². The number of anilines is 2. The fourth-order valence-electron chi connectivity index (χ4n) is 5.01. The number of aromatic nitrogens is 5. The van der Waals surface area contributed by atoms with Crippen molar-refractivity contribution in [3.8, 4) is 22.5 Å². The molecule has 3 aromatic heterocycles. The number of hydrogen-bond acceptors (Lipinski definition) is 7. The fourth-order valence-corrected chi connectivity index (χ4v) is 5.18. The summed E-state index contributed by atoms with van der Waals surface area (Å²) in [6, 6.07) is 6.47. The number of nitrogens with zero attached hydrogens (tertiary/aromatic N) is 5. The van der Waals surface area contributed by atoms with E-state index < -0.39 is 35.9 Å². The van der Waals surface area contributed by atoms with Crippen molar-refractivity contribution in [2.45, 2.75) is 45.0 Å². The summed E-state index contributed by atoms with van der Waals surface area (Å²) >= 11 is 6.15. The van der Waals surface area contributed by atoms with Crippen LogP contribution in [0.1, 0.15) is 44.3 Å². The van der Waals surface area contributed by atoms with Gasteiger partial charge in [0, 0.05) is 52.4 Å². The highest BCUT2D eigenvalue weighted by Crippen LogP contribution is 2.35. The van der Waals surface area contributed by atoms with E-state index in [-0.39, 0.29) is 44.8 Å². The van der Waals surface area contributed by atoms with Crippen LogP contribution in [-0.4, -0.2) is 36.4 Å². The molecule has 2 unspecified atom stereocenters. The summed E-state index contributed by atoms with van der Waals surface area (Å²) in [6.07, 6.45) is 2.47. The normalized spacial score (nSPS) is 17.7. The van der Waals surface area contributed by atoms with Gasteiger partial charge >= 0.3 is 12.7 Å². The van der Waals surface area contributed by atoms with Crippen molar-refractivity contribution in [1.29, 1.82) is 0 Å². The quantitative estimate of drug-likeness (QED) is 0.215. The molecule has 1 aliphatic heterocycles. The van der Waals surface area contributed by atoms with Crippen molar-refractivity contribution in [2.75, 3.05) is 10.6 Å². The molecule has 0 saturated heterocycles. The van der Waals surface area contributed by atoms with E-state index in [1.54, 1.807) is 13.0 Å². The molecule has 2 atom stereocenters. The van der Waals surface area contributed by atoms with Gasteiger partial charge in [-0.25, -0.2) is 9.67 Å². The molecule has 4 N–H and O–H groups in total. The monoisotopic (exact) mass is 648 g/mol. The van der Waals surface area contributed by atoms with E-state index in [1.165, 1.54) is 47.6 Å². The van der Waals surface area contributed by atoms with Crippen LogP contribution in [0.15, 0.2) is 71.9 Å². The molecule has 4 heterocycles. The molecule has 1 aromatic carbocycles. The van der Waals surface area contributed by atoms with Gasteiger partial charge in [0.1, 0.15) is 5.70 Å². The second-order valence-electron chi connectivity index (χ2n) is 10.4. The number of alkyl halides is 5. The number of carbonyl (C=O) groups is 1. The maximum atomic E-state index is 13.9. The summed E-state index contributed by atoms with van der Waals surface area (Å²) in [5.74, 6) is -0.844. The molecule has 1 amide bonds. The summed E-state index contributed by atoms with van der Waals surface area (Å²) < 4.78 is 68.4. The van der Waals surface area contributed by atoms with Gasteiger partial charge in [0.2, 0.25) is 5.91 Å². The zero-order valence-electron chi connectivity index (χ0n) is 23.5. The van der Waals surface area contributed by atoms with Crippen LogP contribution in [0.2, 0.25) is 5.02 Å². The Morgan fingerprint density at radius 3 is 2.64 bits per heavy atom. The van der Waals surface area contributed by atoms with Crippen molar-refractivity contribution in [3.63, 3.8) is 0 Å². The number of pyridine rings is 1. The molecule has 0 saturated carbocycles. The first-order valence-corrected chi connectivity index (χ1v) is 14.0. The molecule has 0 aliphatic carbocycles. The van der Waals surface area contributed by atoms with E-state index in [0.29, 0.717) is 35.7 Å². The van der Waals surface area contributed by atoms with Gasteiger partial charge in [0.25, 0.3) is 5.56 Å². The number of amides is 1. The highest BCUT2D eigenvalue weighted by atomic mass is 35.5. The third-order valence-corrected chi connectivity index (χ3v) is 7.59. The van der Waals surface area contributed by atoms with Gasteiger partial charge in [-0.15, -0.1) is 0 Å². The number of hydrogen-bond donors (Lipinski definition) is 3. The van der Waals surface area contributed by atoms with Crippen LogP contribution in [-0.2, 0) is 4.79 Å². The zero-order valence-corrected chi connectivity index (χ0v) is 24.3. The lowest BCUT2D eigenvalue weighted by Crippen LogP contribution is -2.26. The maximum Gasteiger partial charge on any atom is 0.432 e. The predicted molar refractivity (Wildman–Crippen MR) is 157 cm³/mol. The van der Waals surface area contributed by atoms with E-state index in [1.807, 2.05) is 0 Å². The third kappa shape index (κ3) is 6.82. The Morgan fingerprint density at radius 1 is 1.16 bits per heavy atom. The van der Waals surface area contributed by atoms with Crippen molar-refractivity contribution >= 4 is 28.9 Å². The molecule has 5 rings (SSSR count). The maximum absolute atomic E-state index is 13.9. The van der Waals surface area contributed by atoms with Crippen LogP contribution >= 0.6 is 11.6 Å². The van der Waals surface area contributed by atoms with E-state index in [0.717, 1.165) is 6.20 Å². The molecule has 16 heteroatoms. The highest BCUT2D eigenvalue weighted by molar-refractivity contribution is 6.31.